The molecule has 0 saturated carbocycles. The van der Waals surface area contributed by atoms with Crippen LogP contribution in [-0.2, 0) is 4.74 Å². The SMILES string of the molecule is Nc1cccc(Cl)c1C(=O)NC1CC2CCC1O2. The minimum atomic E-state index is -0.209. The first-order valence-corrected chi connectivity index (χ1v) is 6.53. The number of ether oxygens (including phenoxy) is 1. The van der Waals surface area contributed by atoms with E-state index in [1.165, 1.54) is 0 Å². The Balaban J connectivity index is 1.75. The highest BCUT2D eigenvalue weighted by Gasteiger charge is 2.41. The zero-order valence-corrected chi connectivity index (χ0v) is 10.6. The molecule has 2 heterocycles. The van der Waals surface area contributed by atoms with E-state index in [-0.39, 0.29) is 18.1 Å². The van der Waals surface area contributed by atoms with Crippen LogP contribution in [-0.4, -0.2) is 24.2 Å². The summed E-state index contributed by atoms with van der Waals surface area (Å²) in [4.78, 5) is 12.2. The van der Waals surface area contributed by atoms with Gasteiger partial charge < -0.3 is 15.8 Å². The minimum Gasteiger partial charge on any atom is -0.398 e. The smallest absolute Gasteiger partial charge is 0.255 e. The second-order valence-electron chi connectivity index (χ2n) is 4.89. The van der Waals surface area contributed by atoms with E-state index in [2.05, 4.69) is 5.32 Å². The minimum absolute atomic E-state index is 0.0897. The zero-order valence-electron chi connectivity index (χ0n) is 9.86. The molecule has 3 rings (SSSR count). The third-order valence-corrected chi connectivity index (χ3v) is 4.01. The van der Waals surface area contributed by atoms with Gasteiger partial charge in [-0.2, -0.15) is 0 Å². The highest BCUT2D eigenvalue weighted by Crippen LogP contribution is 2.34. The number of amides is 1. The first-order chi connectivity index (χ1) is 8.65. The Hall–Kier alpha value is -1.26. The Labute approximate surface area is 110 Å². The van der Waals surface area contributed by atoms with Crippen molar-refractivity contribution in [2.45, 2.75) is 37.5 Å². The molecule has 2 aliphatic heterocycles. The summed E-state index contributed by atoms with van der Waals surface area (Å²) in [6, 6.07) is 5.17. The maximum atomic E-state index is 12.2. The van der Waals surface area contributed by atoms with Gasteiger partial charge in [0.2, 0.25) is 0 Å². The molecule has 0 spiro atoms. The van der Waals surface area contributed by atoms with Gasteiger partial charge in [-0.05, 0) is 31.4 Å². The van der Waals surface area contributed by atoms with Gasteiger partial charge in [-0.3, -0.25) is 4.79 Å². The van der Waals surface area contributed by atoms with E-state index < -0.39 is 0 Å². The summed E-state index contributed by atoms with van der Waals surface area (Å²) >= 11 is 6.02. The standard InChI is InChI=1S/C13H15ClN2O2/c14-8-2-1-3-9(15)12(8)13(17)16-10-6-7-4-5-11(10)18-7/h1-3,7,10-11H,4-6,15H2,(H,16,17). The molecule has 5 heteroatoms. The summed E-state index contributed by atoms with van der Waals surface area (Å²) in [6.07, 6.45) is 3.48. The van der Waals surface area contributed by atoms with Crippen LogP contribution in [0.3, 0.4) is 0 Å². The molecular weight excluding hydrogens is 252 g/mol. The van der Waals surface area contributed by atoms with Crippen LogP contribution in [0.1, 0.15) is 29.6 Å². The monoisotopic (exact) mass is 266 g/mol. The zero-order chi connectivity index (χ0) is 12.7. The molecule has 0 aromatic heterocycles. The Morgan fingerprint density at radius 1 is 1.44 bits per heavy atom. The van der Waals surface area contributed by atoms with E-state index in [1.807, 2.05) is 0 Å². The summed E-state index contributed by atoms with van der Waals surface area (Å²) in [5.41, 5.74) is 6.57. The summed E-state index contributed by atoms with van der Waals surface area (Å²) in [7, 11) is 0. The van der Waals surface area contributed by atoms with E-state index in [0.717, 1.165) is 19.3 Å². The third kappa shape index (κ3) is 1.95. The predicted octanol–water partition coefficient (Wildman–Crippen LogP) is 1.97. The lowest BCUT2D eigenvalue weighted by molar-refractivity contribution is 0.0841. The number of nitrogens with one attached hydrogen (secondary N) is 1. The van der Waals surface area contributed by atoms with Crippen molar-refractivity contribution in [1.29, 1.82) is 0 Å². The number of benzene rings is 1. The van der Waals surface area contributed by atoms with Gasteiger partial charge in [-0.25, -0.2) is 0 Å². The highest BCUT2D eigenvalue weighted by molar-refractivity contribution is 6.34. The van der Waals surface area contributed by atoms with Gasteiger partial charge in [-0.15, -0.1) is 0 Å². The van der Waals surface area contributed by atoms with Crippen molar-refractivity contribution >= 4 is 23.2 Å². The number of rotatable bonds is 2. The van der Waals surface area contributed by atoms with Crippen LogP contribution in [0.2, 0.25) is 5.02 Å². The lowest BCUT2D eigenvalue weighted by atomic mass is 9.95. The Morgan fingerprint density at radius 2 is 2.28 bits per heavy atom. The second-order valence-corrected chi connectivity index (χ2v) is 5.30. The van der Waals surface area contributed by atoms with Gasteiger partial charge in [0.1, 0.15) is 0 Å². The Bertz CT molecular complexity index is 472. The molecule has 2 aliphatic rings. The summed E-state index contributed by atoms with van der Waals surface area (Å²) in [6.45, 7) is 0. The fourth-order valence-corrected chi connectivity index (χ4v) is 3.08. The maximum Gasteiger partial charge on any atom is 0.255 e. The van der Waals surface area contributed by atoms with E-state index in [0.29, 0.717) is 22.4 Å². The van der Waals surface area contributed by atoms with Crippen LogP contribution in [0.15, 0.2) is 18.2 Å². The van der Waals surface area contributed by atoms with E-state index >= 15 is 0 Å². The van der Waals surface area contributed by atoms with Crippen molar-refractivity contribution in [3.05, 3.63) is 28.8 Å². The van der Waals surface area contributed by atoms with Crippen molar-refractivity contribution < 1.29 is 9.53 Å². The fraction of sp³-hybridized carbons (Fsp3) is 0.462. The Morgan fingerprint density at radius 3 is 2.89 bits per heavy atom. The largest absolute Gasteiger partial charge is 0.398 e. The van der Waals surface area contributed by atoms with Crippen molar-refractivity contribution in [1.82, 2.24) is 5.32 Å². The molecule has 2 fully saturated rings. The number of carbonyl (C=O) groups excluding carboxylic acids is 1. The molecule has 18 heavy (non-hydrogen) atoms. The van der Waals surface area contributed by atoms with Crippen LogP contribution >= 0.6 is 11.6 Å². The molecular formula is C13H15ClN2O2. The second kappa shape index (κ2) is 4.44. The molecule has 3 N–H and O–H groups in total. The van der Waals surface area contributed by atoms with E-state index in [9.17, 15) is 4.79 Å². The fourth-order valence-electron chi connectivity index (χ4n) is 2.81. The Kier molecular flexibility index (Phi) is 2.92. The van der Waals surface area contributed by atoms with Gasteiger partial charge in [0.05, 0.1) is 28.8 Å². The van der Waals surface area contributed by atoms with Gasteiger partial charge in [0.15, 0.2) is 0 Å². The molecule has 1 aromatic carbocycles. The molecule has 4 nitrogen and oxygen atoms in total. The van der Waals surface area contributed by atoms with Crippen molar-refractivity contribution in [2.75, 3.05) is 5.73 Å². The first kappa shape index (κ1) is 11.8. The molecule has 3 unspecified atom stereocenters. The molecule has 2 bridgehead atoms. The van der Waals surface area contributed by atoms with Gasteiger partial charge in [0, 0.05) is 5.69 Å². The van der Waals surface area contributed by atoms with Gasteiger partial charge in [0.25, 0.3) is 5.91 Å². The van der Waals surface area contributed by atoms with E-state index in [1.54, 1.807) is 18.2 Å². The van der Waals surface area contributed by atoms with Crippen LogP contribution < -0.4 is 11.1 Å². The molecule has 1 aromatic rings. The quantitative estimate of drug-likeness (QED) is 0.805. The van der Waals surface area contributed by atoms with Crippen molar-refractivity contribution in [2.24, 2.45) is 0 Å². The van der Waals surface area contributed by atoms with Crippen molar-refractivity contribution in [3.63, 3.8) is 0 Å². The predicted molar refractivity (Wildman–Crippen MR) is 69.6 cm³/mol. The lowest BCUT2D eigenvalue weighted by Crippen LogP contribution is -2.41. The van der Waals surface area contributed by atoms with Crippen LogP contribution in [0.4, 0.5) is 5.69 Å². The molecule has 0 aliphatic carbocycles. The summed E-state index contributed by atoms with van der Waals surface area (Å²) in [5, 5.41) is 3.37. The number of anilines is 1. The van der Waals surface area contributed by atoms with Crippen LogP contribution in [0.5, 0.6) is 0 Å². The number of carbonyl (C=O) groups is 1. The third-order valence-electron chi connectivity index (χ3n) is 3.70. The first-order valence-electron chi connectivity index (χ1n) is 6.15. The van der Waals surface area contributed by atoms with Crippen molar-refractivity contribution in [3.8, 4) is 0 Å². The number of fused-ring (bicyclic) bond motifs is 2. The number of nitrogen functional groups attached to an aromatic ring is 1. The lowest BCUT2D eigenvalue weighted by Gasteiger charge is -2.20. The van der Waals surface area contributed by atoms with Crippen LogP contribution in [0, 0.1) is 0 Å². The van der Waals surface area contributed by atoms with Gasteiger partial charge >= 0.3 is 0 Å². The normalized spacial score (nSPS) is 29.5. The number of hydrogen-bond donors (Lipinski definition) is 2. The summed E-state index contributed by atoms with van der Waals surface area (Å²) < 4.78 is 5.70. The maximum absolute atomic E-state index is 12.2. The van der Waals surface area contributed by atoms with Gasteiger partial charge in [-0.1, -0.05) is 17.7 Å². The number of halogens is 1. The molecule has 0 radical (unpaired) electrons. The van der Waals surface area contributed by atoms with Crippen LogP contribution in [0.25, 0.3) is 0 Å². The average molecular weight is 267 g/mol. The molecule has 2 saturated heterocycles. The highest BCUT2D eigenvalue weighted by atomic mass is 35.5. The summed E-state index contributed by atoms with van der Waals surface area (Å²) in [5.74, 6) is -0.209. The number of nitrogens with two attached hydrogens (primary N) is 1. The molecule has 96 valence electrons. The van der Waals surface area contributed by atoms with E-state index in [4.69, 9.17) is 22.1 Å². The molecule has 1 amide bonds. The topological polar surface area (TPSA) is 64.4 Å². The molecule has 3 atom stereocenters. The number of hydrogen-bond acceptors (Lipinski definition) is 3. The average Bonchev–Trinajstić information content (AvgIpc) is 2.90.